The van der Waals surface area contributed by atoms with Crippen molar-refractivity contribution >= 4 is 29.2 Å². The van der Waals surface area contributed by atoms with Crippen LogP contribution < -0.4 is 5.73 Å². The monoisotopic (exact) mass is 278 g/mol. The molecule has 0 unspecified atom stereocenters. The Balaban J connectivity index is 2.26. The van der Waals surface area contributed by atoms with Crippen LogP contribution in [0.2, 0.25) is 5.02 Å². The number of halogens is 1. The Morgan fingerprint density at radius 2 is 1.89 bits per heavy atom. The van der Waals surface area contributed by atoms with Gasteiger partial charge in [0.1, 0.15) is 0 Å². The second-order valence-corrected chi connectivity index (χ2v) is 5.07. The first-order chi connectivity index (χ1) is 8.70. The molecule has 0 amide bonds. The minimum absolute atomic E-state index is 0.0492. The first-order valence-corrected chi connectivity index (χ1v) is 6.40. The Kier molecular flexibility index (Phi) is 4.12. The molecule has 0 saturated carbocycles. The average molecular weight is 279 g/mol. The third-order valence-corrected chi connectivity index (χ3v) is 3.81. The Labute approximate surface area is 114 Å². The maximum atomic E-state index is 8.60. The Hall–Kier alpha value is -1.65. The molecule has 0 aromatic heterocycles. The van der Waals surface area contributed by atoms with Crippen molar-refractivity contribution in [1.82, 2.24) is 0 Å². The molecule has 0 aliphatic heterocycles. The number of nitrogens with two attached hydrogens (primary N) is 1. The molecule has 18 heavy (non-hydrogen) atoms. The van der Waals surface area contributed by atoms with E-state index in [0.29, 0.717) is 10.6 Å². The van der Waals surface area contributed by atoms with Crippen molar-refractivity contribution < 1.29 is 5.21 Å². The van der Waals surface area contributed by atoms with Crippen LogP contribution in [0, 0.1) is 0 Å². The van der Waals surface area contributed by atoms with E-state index in [4.69, 9.17) is 22.5 Å². The largest absolute Gasteiger partial charge is 0.409 e. The lowest BCUT2D eigenvalue weighted by Gasteiger charge is -2.06. The van der Waals surface area contributed by atoms with Gasteiger partial charge in [-0.15, -0.1) is 0 Å². The molecular weight excluding hydrogens is 268 g/mol. The molecule has 2 rings (SSSR count). The van der Waals surface area contributed by atoms with Crippen LogP contribution in [-0.4, -0.2) is 11.0 Å². The van der Waals surface area contributed by atoms with Gasteiger partial charge in [0, 0.05) is 15.4 Å². The summed E-state index contributed by atoms with van der Waals surface area (Å²) in [4.78, 5) is 2.04. The van der Waals surface area contributed by atoms with Gasteiger partial charge in [0.15, 0.2) is 5.84 Å². The fraction of sp³-hybridized carbons (Fsp3) is 0. The summed E-state index contributed by atoms with van der Waals surface area (Å²) in [7, 11) is 0. The third kappa shape index (κ3) is 2.97. The molecule has 0 bridgehead atoms. The average Bonchev–Trinajstić information content (AvgIpc) is 2.41. The van der Waals surface area contributed by atoms with E-state index in [0.717, 1.165) is 9.79 Å². The van der Waals surface area contributed by atoms with Crippen molar-refractivity contribution in [1.29, 1.82) is 0 Å². The van der Waals surface area contributed by atoms with E-state index in [1.54, 1.807) is 23.9 Å². The molecular formula is C13H11ClN2OS. The molecule has 2 aromatic carbocycles. The van der Waals surface area contributed by atoms with E-state index in [2.05, 4.69) is 5.16 Å². The molecule has 3 N–H and O–H groups in total. The smallest absolute Gasteiger partial charge is 0.170 e. The first kappa shape index (κ1) is 12.8. The standard InChI is InChI=1S/C13H11ClN2OS/c14-11-8-9(13(15)16-17)6-7-12(11)18-10-4-2-1-3-5-10/h1-8,17H,(H2,15,16). The molecule has 0 heterocycles. The van der Waals surface area contributed by atoms with Crippen molar-refractivity contribution in [2.24, 2.45) is 10.9 Å². The van der Waals surface area contributed by atoms with Crippen LogP contribution in [-0.2, 0) is 0 Å². The van der Waals surface area contributed by atoms with E-state index < -0.39 is 0 Å². The number of hydrogen-bond acceptors (Lipinski definition) is 3. The fourth-order valence-corrected chi connectivity index (χ4v) is 2.55. The number of hydrogen-bond donors (Lipinski definition) is 2. The Morgan fingerprint density at radius 3 is 2.50 bits per heavy atom. The van der Waals surface area contributed by atoms with Gasteiger partial charge in [-0.2, -0.15) is 0 Å². The van der Waals surface area contributed by atoms with Gasteiger partial charge in [0.05, 0.1) is 5.02 Å². The predicted octanol–water partition coefficient (Wildman–Crippen LogP) is 3.59. The highest BCUT2D eigenvalue weighted by molar-refractivity contribution is 7.99. The van der Waals surface area contributed by atoms with Crippen molar-refractivity contribution in [2.45, 2.75) is 9.79 Å². The highest BCUT2D eigenvalue weighted by atomic mass is 35.5. The molecule has 3 nitrogen and oxygen atoms in total. The zero-order valence-corrected chi connectivity index (χ0v) is 10.9. The normalized spacial score (nSPS) is 11.5. The van der Waals surface area contributed by atoms with Crippen LogP contribution >= 0.6 is 23.4 Å². The molecule has 0 atom stereocenters. The van der Waals surface area contributed by atoms with Gasteiger partial charge < -0.3 is 10.9 Å². The van der Waals surface area contributed by atoms with Crippen molar-refractivity contribution in [3.05, 3.63) is 59.1 Å². The van der Waals surface area contributed by atoms with E-state index in [1.807, 2.05) is 36.4 Å². The summed E-state index contributed by atoms with van der Waals surface area (Å²) in [6.07, 6.45) is 0. The van der Waals surface area contributed by atoms with E-state index in [1.165, 1.54) is 0 Å². The second-order valence-electron chi connectivity index (χ2n) is 3.55. The number of nitrogens with zero attached hydrogens (tertiary/aromatic N) is 1. The zero-order valence-electron chi connectivity index (χ0n) is 9.38. The predicted molar refractivity (Wildman–Crippen MR) is 74.5 cm³/mol. The molecule has 0 spiro atoms. The topological polar surface area (TPSA) is 58.6 Å². The lowest BCUT2D eigenvalue weighted by Crippen LogP contribution is -2.12. The molecule has 0 aliphatic rings. The van der Waals surface area contributed by atoms with Crippen molar-refractivity contribution in [2.75, 3.05) is 0 Å². The van der Waals surface area contributed by atoms with Crippen LogP contribution in [0.25, 0.3) is 0 Å². The van der Waals surface area contributed by atoms with Crippen molar-refractivity contribution in [3.63, 3.8) is 0 Å². The number of oxime groups is 1. The molecule has 0 saturated heterocycles. The van der Waals surface area contributed by atoms with E-state index in [9.17, 15) is 0 Å². The summed E-state index contributed by atoms with van der Waals surface area (Å²) < 4.78 is 0. The van der Waals surface area contributed by atoms with E-state index >= 15 is 0 Å². The number of amidine groups is 1. The van der Waals surface area contributed by atoms with Gasteiger partial charge >= 0.3 is 0 Å². The molecule has 0 fully saturated rings. The SMILES string of the molecule is NC(=NO)c1ccc(Sc2ccccc2)c(Cl)c1. The van der Waals surface area contributed by atoms with Crippen LogP contribution in [0.3, 0.4) is 0 Å². The number of benzene rings is 2. The second kappa shape index (κ2) is 5.80. The van der Waals surface area contributed by atoms with Gasteiger partial charge in [0.25, 0.3) is 0 Å². The van der Waals surface area contributed by atoms with Gasteiger partial charge in [-0.1, -0.05) is 46.7 Å². The van der Waals surface area contributed by atoms with Crippen LogP contribution in [0.15, 0.2) is 63.5 Å². The summed E-state index contributed by atoms with van der Waals surface area (Å²) in [6, 6.07) is 15.2. The Morgan fingerprint density at radius 1 is 1.17 bits per heavy atom. The van der Waals surface area contributed by atoms with Gasteiger partial charge in [-0.25, -0.2) is 0 Å². The minimum atomic E-state index is 0.0492. The highest BCUT2D eigenvalue weighted by Gasteiger charge is 2.06. The summed E-state index contributed by atoms with van der Waals surface area (Å²) >= 11 is 7.73. The van der Waals surface area contributed by atoms with Crippen molar-refractivity contribution in [3.8, 4) is 0 Å². The maximum Gasteiger partial charge on any atom is 0.170 e. The Bertz CT molecular complexity index is 572. The zero-order chi connectivity index (χ0) is 13.0. The summed E-state index contributed by atoms with van der Waals surface area (Å²) in [5, 5.41) is 12.1. The van der Waals surface area contributed by atoms with Crippen LogP contribution in [0.4, 0.5) is 0 Å². The molecule has 0 aliphatic carbocycles. The van der Waals surface area contributed by atoms with Crippen LogP contribution in [0.1, 0.15) is 5.56 Å². The van der Waals surface area contributed by atoms with Gasteiger partial charge in [-0.05, 0) is 30.3 Å². The van der Waals surface area contributed by atoms with Crippen LogP contribution in [0.5, 0.6) is 0 Å². The third-order valence-electron chi connectivity index (χ3n) is 2.31. The van der Waals surface area contributed by atoms with E-state index in [-0.39, 0.29) is 5.84 Å². The summed E-state index contributed by atoms with van der Waals surface area (Å²) in [5.74, 6) is 0.0492. The molecule has 0 radical (unpaired) electrons. The molecule has 92 valence electrons. The van der Waals surface area contributed by atoms with Gasteiger partial charge in [-0.3, -0.25) is 0 Å². The van der Waals surface area contributed by atoms with Gasteiger partial charge in [0.2, 0.25) is 0 Å². The highest BCUT2D eigenvalue weighted by Crippen LogP contribution is 2.33. The number of rotatable bonds is 3. The lowest BCUT2D eigenvalue weighted by atomic mass is 10.2. The fourth-order valence-electron chi connectivity index (χ4n) is 1.42. The quantitative estimate of drug-likeness (QED) is 0.390. The summed E-state index contributed by atoms with van der Waals surface area (Å²) in [5.41, 5.74) is 6.10. The first-order valence-electron chi connectivity index (χ1n) is 5.21. The minimum Gasteiger partial charge on any atom is -0.409 e. The lowest BCUT2D eigenvalue weighted by molar-refractivity contribution is 0.318. The summed E-state index contributed by atoms with van der Waals surface area (Å²) in [6.45, 7) is 0. The molecule has 5 heteroatoms. The maximum absolute atomic E-state index is 8.60. The molecule has 2 aromatic rings.